The van der Waals surface area contributed by atoms with Gasteiger partial charge in [-0.2, -0.15) is 0 Å². The molecule has 0 atom stereocenters. The molecule has 0 bridgehead atoms. The van der Waals surface area contributed by atoms with E-state index in [1.807, 2.05) is 6.07 Å². The second kappa shape index (κ2) is 7.69. The summed E-state index contributed by atoms with van der Waals surface area (Å²) < 4.78 is 6.49. The van der Waals surface area contributed by atoms with Crippen LogP contribution in [-0.2, 0) is 0 Å². The number of hydrogen-bond donors (Lipinski definition) is 0. The first-order valence-corrected chi connectivity index (χ1v) is 13.5. The van der Waals surface area contributed by atoms with Gasteiger partial charge < -0.3 is 4.42 Å². The molecule has 0 saturated heterocycles. The number of fused-ring (bicyclic) bond motifs is 6. The SMILES string of the molecule is c1ccc(-c2c3ccccc3c(-c3ccccc3)c3c4ccc5c6ccccc6oc6ccc(c23)c4c65)cc1. The molecule has 8 aromatic carbocycles. The molecular weight excluding hydrogens is 472 g/mol. The molecule has 0 saturated carbocycles. The largest absolute Gasteiger partial charge is 0.456 e. The summed E-state index contributed by atoms with van der Waals surface area (Å²) in [6.45, 7) is 0. The van der Waals surface area contributed by atoms with Crippen LogP contribution in [0.25, 0.3) is 87.3 Å². The first kappa shape index (κ1) is 20.9. The molecule has 0 fully saturated rings. The van der Waals surface area contributed by atoms with E-state index in [1.54, 1.807) is 0 Å². The highest BCUT2D eigenvalue weighted by molar-refractivity contribution is 6.43. The fourth-order valence-electron chi connectivity index (χ4n) is 6.87. The summed E-state index contributed by atoms with van der Waals surface area (Å²) in [5.41, 5.74) is 6.93. The maximum Gasteiger partial charge on any atom is 0.135 e. The lowest BCUT2D eigenvalue weighted by atomic mass is 9.86. The smallest absolute Gasteiger partial charge is 0.135 e. The quantitative estimate of drug-likeness (QED) is 0.172. The number of para-hydroxylation sites is 1. The number of hydrogen-bond acceptors (Lipinski definition) is 1. The van der Waals surface area contributed by atoms with Gasteiger partial charge in [0.2, 0.25) is 0 Å². The van der Waals surface area contributed by atoms with Gasteiger partial charge >= 0.3 is 0 Å². The van der Waals surface area contributed by atoms with Crippen molar-refractivity contribution in [2.45, 2.75) is 0 Å². The van der Waals surface area contributed by atoms with Gasteiger partial charge in [0.15, 0.2) is 0 Å². The lowest BCUT2D eigenvalue weighted by Crippen LogP contribution is -1.89. The number of rotatable bonds is 2. The van der Waals surface area contributed by atoms with E-state index in [4.69, 9.17) is 4.42 Å². The Labute approximate surface area is 224 Å². The molecule has 9 aromatic rings. The topological polar surface area (TPSA) is 13.1 Å². The van der Waals surface area contributed by atoms with Crippen molar-refractivity contribution in [3.63, 3.8) is 0 Å². The molecule has 0 spiro atoms. The van der Waals surface area contributed by atoms with Crippen LogP contribution in [0.2, 0.25) is 0 Å². The van der Waals surface area contributed by atoms with Gasteiger partial charge in [0.1, 0.15) is 11.2 Å². The van der Waals surface area contributed by atoms with Crippen molar-refractivity contribution in [2.24, 2.45) is 0 Å². The van der Waals surface area contributed by atoms with E-state index in [2.05, 4.69) is 127 Å². The van der Waals surface area contributed by atoms with Crippen molar-refractivity contribution in [1.29, 1.82) is 0 Å². The highest BCUT2D eigenvalue weighted by atomic mass is 16.3. The predicted molar refractivity (Wildman–Crippen MR) is 166 cm³/mol. The molecule has 1 heteroatoms. The van der Waals surface area contributed by atoms with E-state index in [9.17, 15) is 0 Å². The van der Waals surface area contributed by atoms with Crippen LogP contribution in [0.15, 0.2) is 138 Å². The molecule has 1 heterocycles. The highest BCUT2D eigenvalue weighted by Gasteiger charge is 2.24. The maximum absolute atomic E-state index is 6.49. The van der Waals surface area contributed by atoms with Gasteiger partial charge in [0, 0.05) is 16.2 Å². The molecule has 0 aliphatic heterocycles. The van der Waals surface area contributed by atoms with Crippen molar-refractivity contribution in [2.75, 3.05) is 0 Å². The van der Waals surface area contributed by atoms with Gasteiger partial charge in [-0.25, -0.2) is 0 Å². The standard InChI is InChI=1S/C38H22O/c1-3-11-23(12-4-1)33-26-16-7-8-17-27(26)34(24-13-5-2-6-14-24)38-30-21-22-32-36-28(19-20-29(35(30)36)37(33)38)25-15-9-10-18-31(25)39-32/h1-22H. The summed E-state index contributed by atoms with van der Waals surface area (Å²) in [6.07, 6.45) is 0. The summed E-state index contributed by atoms with van der Waals surface area (Å²) in [6, 6.07) is 48.1. The molecule has 9 rings (SSSR count). The van der Waals surface area contributed by atoms with Gasteiger partial charge in [0.25, 0.3) is 0 Å². The third kappa shape index (κ3) is 2.74. The van der Waals surface area contributed by atoms with E-state index in [0.29, 0.717) is 0 Å². The molecule has 0 aliphatic rings. The second-order valence-electron chi connectivity index (χ2n) is 10.4. The first-order chi connectivity index (χ1) is 19.4. The van der Waals surface area contributed by atoms with Crippen molar-refractivity contribution in [1.82, 2.24) is 0 Å². The van der Waals surface area contributed by atoms with Crippen LogP contribution in [0.3, 0.4) is 0 Å². The third-order valence-electron chi connectivity index (χ3n) is 8.40. The Morgan fingerprint density at radius 3 is 1.38 bits per heavy atom. The van der Waals surface area contributed by atoms with Crippen LogP contribution < -0.4 is 0 Å². The Bertz CT molecular complexity index is 2260. The van der Waals surface area contributed by atoms with E-state index >= 15 is 0 Å². The van der Waals surface area contributed by atoms with E-state index in [1.165, 1.54) is 70.7 Å². The van der Waals surface area contributed by atoms with Gasteiger partial charge in [-0.15, -0.1) is 0 Å². The summed E-state index contributed by atoms with van der Waals surface area (Å²) in [4.78, 5) is 0. The maximum atomic E-state index is 6.49. The number of benzene rings is 7. The van der Waals surface area contributed by atoms with Gasteiger partial charge in [-0.3, -0.25) is 0 Å². The molecule has 0 radical (unpaired) electrons. The van der Waals surface area contributed by atoms with E-state index < -0.39 is 0 Å². The summed E-state index contributed by atoms with van der Waals surface area (Å²) in [7, 11) is 0. The molecule has 180 valence electrons. The van der Waals surface area contributed by atoms with Crippen LogP contribution in [0.1, 0.15) is 0 Å². The molecule has 0 aliphatic carbocycles. The second-order valence-corrected chi connectivity index (χ2v) is 10.4. The first-order valence-electron chi connectivity index (χ1n) is 13.5. The van der Waals surface area contributed by atoms with Crippen LogP contribution in [0.4, 0.5) is 0 Å². The summed E-state index contributed by atoms with van der Waals surface area (Å²) in [5, 5.41) is 12.7. The van der Waals surface area contributed by atoms with Gasteiger partial charge in [-0.05, 0) is 78.2 Å². The molecule has 39 heavy (non-hydrogen) atoms. The molecule has 1 aromatic heterocycles. The van der Waals surface area contributed by atoms with Gasteiger partial charge in [0.05, 0.1) is 0 Å². The lowest BCUT2D eigenvalue weighted by Gasteiger charge is -2.16. The Balaban J connectivity index is 1.62. The molecule has 0 N–H and O–H groups in total. The zero-order valence-corrected chi connectivity index (χ0v) is 21.1. The Morgan fingerprint density at radius 2 is 0.769 bits per heavy atom. The van der Waals surface area contributed by atoms with Crippen molar-refractivity contribution < 1.29 is 4.42 Å². The van der Waals surface area contributed by atoms with Crippen molar-refractivity contribution in [3.05, 3.63) is 133 Å². The highest BCUT2D eigenvalue weighted by Crippen LogP contribution is 2.52. The monoisotopic (exact) mass is 494 g/mol. The molecular formula is C38H22O. The van der Waals surface area contributed by atoms with Crippen molar-refractivity contribution >= 4 is 65.0 Å². The fraction of sp³-hybridized carbons (Fsp3) is 0. The fourth-order valence-corrected chi connectivity index (χ4v) is 6.87. The normalized spacial score (nSPS) is 12.1. The minimum atomic E-state index is 0.921. The van der Waals surface area contributed by atoms with Crippen molar-refractivity contribution in [3.8, 4) is 22.3 Å². The average Bonchev–Trinajstić information content (AvgIpc) is 3.34. The van der Waals surface area contributed by atoms with Crippen LogP contribution >= 0.6 is 0 Å². The van der Waals surface area contributed by atoms with Crippen LogP contribution in [0, 0.1) is 0 Å². The molecule has 0 unspecified atom stereocenters. The predicted octanol–water partition coefficient (Wildman–Crippen LogP) is 11.0. The third-order valence-corrected chi connectivity index (χ3v) is 8.40. The molecule has 0 amide bonds. The Hall–Kier alpha value is -5.14. The lowest BCUT2D eigenvalue weighted by molar-refractivity contribution is 0.662. The van der Waals surface area contributed by atoms with E-state index in [0.717, 1.165) is 16.6 Å². The van der Waals surface area contributed by atoms with Crippen LogP contribution in [-0.4, -0.2) is 0 Å². The van der Waals surface area contributed by atoms with E-state index in [-0.39, 0.29) is 0 Å². The Kier molecular flexibility index (Phi) is 4.11. The summed E-state index contributed by atoms with van der Waals surface area (Å²) >= 11 is 0. The Morgan fingerprint density at radius 1 is 0.282 bits per heavy atom. The van der Waals surface area contributed by atoms with Gasteiger partial charge in [-0.1, -0.05) is 115 Å². The summed E-state index contributed by atoms with van der Waals surface area (Å²) in [5.74, 6) is 0. The minimum absolute atomic E-state index is 0.921. The zero-order chi connectivity index (χ0) is 25.5. The zero-order valence-electron chi connectivity index (χ0n) is 21.1. The minimum Gasteiger partial charge on any atom is -0.456 e. The average molecular weight is 495 g/mol. The molecule has 1 nitrogen and oxygen atoms in total. The van der Waals surface area contributed by atoms with Crippen LogP contribution in [0.5, 0.6) is 0 Å².